The molecule has 178 valence electrons. The molecule has 1 aliphatic rings. The second kappa shape index (κ2) is 10.6. The first-order valence-corrected chi connectivity index (χ1v) is 12.8. The smallest absolute Gasteiger partial charge is 0.262 e. The molecule has 1 aliphatic heterocycles. The Morgan fingerprint density at radius 2 is 2.00 bits per heavy atom. The predicted molar refractivity (Wildman–Crippen MR) is 138 cm³/mol. The van der Waals surface area contributed by atoms with Gasteiger partial charge in [0.05, 0.1) is 28.0 Å². The molecule has 0 saturated heterocycles. The van der Waals surface area contributed by atoms with E-state index in [1.165, 1.54) is 11.8 Å². The van der Waals surface area contributed by atoms with Crippen molar-refractivity contribution >= 4 is 57.5 Å². The summed E-state index contributed by atoms with van der Waals surface area (Å²) in [5.41, 5.74) is 1.67. The molecular weight excluding hydrogens is 472 g/mol. The highest BCUT2D eigenvalue weighted by Crippen LogP contribution is 2.32. The highest BCUT2D eigenvalue weighted by Gasteiger charge is 2.29. The van der Waals surface area contributed by atoms with Gasteiger partial charge in [0.25, 0.3) is 5.56 Å². The van der Waals surface area contributed by atoms with Crippen LogP contribution >= 0.6 is 23.4 Å². The maximum atomic E-state index is 13.4. The Labute approximate surface area is 207 Å². The normalized spacial score (nSPS) is 15.7. The van der Waals surface area contributed by atoms with Gasteiger partial charge in [0.1, 0.15) is 0 Å². The van der Waals surface area contributed by atoms with Gasteiger partial charge in [-0.15, -0.1) is 0 Å². The fraction of sp³-hybridized carbons (Fsp3) is 0.360. The Hall–Kier alpha value is -2.84. The molecule has 0 radical (unpaired) electrons. The molecule has 0 saturated carbocycles. The van der Waals surface area contributed by atoms with E-state index >= 15 is 0 Å². The number of fused-ring (bicyclic) bond motifs is 2. The minimum atomic E-state index is -0.299. The molecule has 9 heteroatoms. The summed E-state index contributed by atoms with van der Waals surface area (Å²) < 4.78 is 1.66. The van der Waals surface area contributed by atoms with Crippen molar-refractivity contribution in [3.05, 3.63) is 57.8 Å². The molecule has 7 nitrogen and oxygen atoms in total. The molecule has 2 aromatic carbocycles. The third kappa shape index (κ3) is 5.13. The number of amides is 2. The third-order valence-corrected chi connectivity index (χ3v) is 7.02. The molecule has 0 bridgehead atoms. The van der Waals surface area contributed by atoms with Crippen LogP contribution in [-0.4, -0.2) is 33.2 Å². The first kappa shape index (κ1) is 24.3. The molecule has 0 fully saturated rings. The van der Waals surface area contributed by atoms with Crippen molar-refractivity contribution < 1.29 is 9.59 Å². The number of hydrogen-bond donors (Lipinski definition) is 1. The number of carbonyl (C=O) groups is 2. The molecular formula is C25H27ClN4O3S. The van der Waals surface area contributed by atoms with Crippen molar-refractivity contribution in [1.82, 2.24) is 9.55 Å². The van der Waals surface area contributed by atoms with Crippen molar-refractivity contribution in [3.8, 4) is 0 Å². The number of carbonyl (C=O) groups excluding carboxylic acids is 2. The Bertz CT molecular complexity index is 1290. The molecule has 34 heavy (non-hydrogen) atoms. The summed E-state index contributed by atoms with van der Waals surface area (Å²) >= 11 is 7.37. The molecule has 1 unspecified atom stereocenters. The van der Waals surface area contributed by atoms with Crippen molar-refractivity contribution in [3.63, 3.8) is 0 Å². The van der Waals surface area contributed by atoms with Crippen LogP contribution in [0.2, 0.25) is 5.02 Å². The second-order valence-electron chi connectivity index (χ2n) is 8.39. The SMILES string of the molecule is CCCCCn1c(SCC(=O)N2c3ccccc3NC(=O)CC2C)nc2cc(Cl)ccc2c1=O. The van der Waals surface area contributed by atoms with Crippen molar-refractivity contribution in [1.29, 1.82) is 0 Å². The number of para-hydroxylation sites is 2. The van der Waals surface area contributed by atoms with E-state index in [0.29, 0.717) is 39.0 Å². The fourth-order valence-corrected chi connectivity index (χ4v) is 5.22. The number of nitrogens with zero attached hydrogens (tertiary/aromatic N) is 3. The number of thioether (sulfide) groups is 1. The summed E-state index contributed by atoms with van der Waals surface area (Å²) in [5.74, 6) is -0.193. The van der Waals surface area contributed by atoms with Gasteiger partial charge in [-0.2, -0.15) is 0 Å². The van der Waals surface area contributed by atoms with Gasteiger partial charge in [-0.25, -0.2) is 4.98 Å². The Morgan fingerprint density at radius 1 is 1.21 bits per heavy atom. The predicted octanol–water partition coefficient (Wildman–Crippen LogP) is 5.10. The van der Waals surface area contributed by atoms with Crippen LogP contribution in [-0.2, 0) is 16.1 Å². The molecule has 1 N–H and O–H groups in total. The molecule has 0 aliphatic carbocycles. The summed E-state index contributed by atoms with van der Waals surface area (Å²) in [7, 11) is 0. The Morgan fingerprint density at radius 3 is 2.79 bits per heavy atom. The summed E-state index contributed by atoms with van der Waals surface area (Å²) in [6.45, 7) is 4.51. The van der Waals surface area contributed by atoms with Gasteiger partial charge in [0, 0.05) is 24.0 Å². The first-order valence-electron chi connectivity index (χ1n) is 11.4. The number of benzene rings is 2. The monoisotopic (exact) mass is 498 g/mol. The zero-order valence-electron chi connectivity index (χ0n) is 19.2. The first-order chi connectivity index (χ1) is 16.4. The topological polar surface area (TPSA) is 84.3 Å². The summed E-state index contributed by atoms with van der Waals surface area (Å²) in [6.07, 6.45) is 3.09. The van der Waals surface area contributed by atoms with Crippen LogP contribution < -0.4 is 15.8 Å². The maximum absolute atomic E-state index is 13.4. The van der Waals surface area contributed by atoms with Gasteiger partial charge in [-0.3, -0.25) is 19.0 Å². The number of halogens is 1. The average Bonchev–Trinajstić information content (AvgIpc) is 2.93. The third-order valence-electron chi connectivity index (χ3n) is 5.82. The van der Waals surface area contributed by atoms with Gasteiger partial charge < -0.3 is 10.2 Å². The van der Waals surface area contributed by atoms with Crippen molar-refractivity contribution in [2.75, 3.05) is 16.0 Å². The largest absolute Gasteiger partial charge is 0.324 e. The van der Waals surface area contributed by atoms with E-state index in [-0.39, 0.29) is 35.6 Å². The lowest BCUT2D eigenvalue weighted by Crippen LogP contribution is -2.40. The van der Waals surface area contributed by atoms with Gasteiger partial charge in [0.15, 0.2) is 5.16 Å². The molecule has 2 heterocycles. The lowest BCUT2D eigenvalue weighted by atomic mass is 10.2. The molecule has 3 aromatic rings. The number of anilines is 2. The molecule has 4 rings (SSSR count). The van der Waals surface area contributed by atoms with E-state index in [2.05, 4.69) is 12.2 Å². The Kier molecular flexibility index (Phi) is 7.58. The van der Waals surface area contributed by atoms with Crippen LogP contribution in [0.1, 0.15) is 39.5 Å². The fourth-order valence-electron chi connectivity index (χ4n) is 4.16. The molecule has 2 amide bonds. The number of rotatable bonds is 7. The summed E-state index contributed by atoms with van der Waals surface area (Å²) in [5, 5.41) is 4.38. The van der Waals surface area contributed by atoms with Crippen molar-refractivity contribution in [2.45, 2.75) is 57.3 Å². The number of hydrogen-bond acceptors (Lipinski definition) is 5. The number of aromatic nitrogens is 2. The maximum Gasteiger partial charge on any atom is 0.262 e. The van der Waals surface area contributed by atoms with Gasteiger partial charge in [-0.05, 0) is 43.7 Å². The van der Waals surface area contributed by atoms with E-state index in [0.717, 1.165) is 19.3 Å². The minimum absolute atomic E-state index is 0.0825. The van der Waals surface area contributed by atoms with Crippen LogP contribution in [0.5, 0.6) is 0 Å². The van der Waals surface area contributed by atoms with Crippen LogP contribution in [0, 0.1) is 0 Å². The second-order valence-corrected chi connectivity index (χ2v) is 9.77. The van der Waals surface area contributed by atoms with Crippen LogP contribution in [0.15, 0.2) is 52.4 Å². The Balaban J connectivity index is 1.64. The van der Waals surface area contributed by atoms with E-state index in [9.17, 15) is 14.4 Å². The lowest BCUT2D eigenvalue weighted by molar-refractivity contribution is -0.117. The highest BCUT2D eigenvalue weighted by molar-refractivity contribution is 7.99. The quantitative estimate of drug-likeness (QED) is 0.278. The van der Waals surface area contributed by atoms with E-state index in [1.807, 2.05) is 25.1 Å². The highest BCUT2D eigenvalue weighted by atomic mass is 35.5. The number of unbranched alkanes of at least 4 members (excludes halogenated alkanes) is 2. The van der Waals surface area contributed by atoms with E-state index in [4.69, 9.17) is 16.6 Å². The van der Waals surface area contributed by atoms with E-state index < -0.39 is 0 Å². The van der Waals surface area contributed by atoms with Gasteiger partial charge >= 0.3 is 0 Å². The molecule has 0 spiro atoms. The standard InChI is InChI=1S/C25H27ClN4O3S/c1-3-4-7-12-29-24(33)18-11-10-17(26)14-20(18)28-25(29)34-15-23(32)30-16(2)13-22(31)27-19-8-5-6-9-21(19)30/h5-6,8-11,14,16H,3-4,7,12-13,15H2,1-2H3,(H,27,31). The van der Waals surface area contributed by atoms with Crippen LogP contribution in [0.4, 0.5) is 11.4 Å². The zero-order chi connectivity index (χ0) is 24.2. The van der Waals surface area contributed by atoms with E-state index in [1.54, 1.807) is 33.7 Å². The van der Waals surface area contributed by atoms with Crippen molar-refractivity contribution in [2.24, 2.45) is 0 Å². The lowest BCUT2D eigenvalue weighted by Gasteiger charge is -2.27. The molecule has 1 atom stereocenters. The van der Waals surface area contributed by atoms with Crippen LogP contribution in [0.25, 0.3) is 10.9 Å². The van der Waals surface area contributed by atoms with Crippen LogP contribution in [0.3, 0.4) is 0 Å². The average molecular weight is 499 g/mol. The van der Waals surface area contributed by atoms with Gasteiger partial charge in [0.2, 0.25) is 11.8 Å². The number of nitrogens with one attached hydrogen (secondary N) is 1. The zero-order valence-corrected chi connectivity index (χ0v) is 20.8. The molecule has 1 aromatic heterocycles. The minimum Gasteiger partial charge on any atom is -0.324 e. The summed E-state index contributed by atoms with van der Waals surface area (Å²) in [4.78, 5) is 45.2. The van der Waals surface area contributed by atoms with Gasteiger partial charge in [-0.1, -0.05) is 55.3 Å². The summed E-state index contributed by atoms with van der Waals surface area (Å²) in [6, 6.07) is 12.0.